The third kappa shape index (κ3) is 4.90. The van der Waals surface area contributed by atoms with Crippen molar-refractivity contribution in [1.82, 2.24) is 9.47 Å². The molecule has 0 atom stereocenters. The Hall–Kier alpha value is -2.48. The quantitative estimate of drug-likeness (QED) is 0.424. The van der Waals surface area contributed by atoms with Crippen molar-refractivity contribution in [1.29, 1.82) is 0 Å². The normalized spacial score (nSPS) is 14.5. The number of carbonyl (C=O) groups is 1. The summed E-state index contributed by atoms with van der Waals surface area (Å²) < 4.78 is 49.5. The number of hydrogen-bond donors (Lipinski definition) is 0. The van der Waals surface area contributed by atoms with Crippen LogP contribution >= 0.6 is 23.2 Å². The second-order valence-electron chi connectivity index (χ2n) is 7.82. The van der Waals surface area contributed by atoms with E-state index >= 15 is 0 Å². The van der Waals surface area contributed by atoms with Crippen LogP contribution in [0.1, 0.15) is 27.3 Å². The van der Waals surface area contributed by atoms with E-state index in [1.54, 1.807) is 48.5 Å². The van der Waals surface area contributed by atoms with Gasteiger partial charge in [-0.3, -0.25) is 4.79 Å². The van der Waals surface area contributed by atoms with Gasteiger partial charge in [0, 0.05) is 35.2 Å². The van der Waals surface area contributed by atoms with Gasteiger partial charge in [0.05, 0.1) is 13.2 Å². The molecule has 174 valence electrons. The summed E-state index contributed by atoms with van der Waals surface area (Å²) in [6.45, 7) is 2.53. The molecule has 4 rings (SSSR count). The summed E-state index contributed by atoms with van der Waals surface area (Å²) in [5, 5.41) is 0.857. The lowest BCUT2D eigenvalue weighted by Gasteiger charge is -2.28. The van der Waals surface area contributed by atoms with Crippen LogP contribution in [0.3, 0.4) is 0 Å². The SMILES string of the molecule is Cc1c(-c2ccc(Cl)cc2)c(C(=O)N2CCOCC2)n(Cc2cccc(Cl)c2)c1C(F)(F)F. The van der Waals surface area contributed by atoms with Gasteiger partial charge in [-0.1, -0.05) is 47.5 Å². The number of rotatable bonds is 4. The number of amides is 1. The molecule has 0 spiro atoms. The maximum Gasteiger partial charge on any atom is 0.431 e. The molecule has 1 aromatic heterocycles. The van der Waals surface area contributed by atoms with E-state index in [2.05, 4.69) is 0 Å². The van der Waals surface area contributed by atoms with E-state index in [9.17, 15) is 18.0 Å². The van der Waals surface area contributed by atoms with Crippen molar-refractivity contribution in [3.8, 4) is 11.1 Å². The molecule has 2 aromatic carbocycles. The van der Waals surface area contributed by atoms with Gasteiger partial charge in [-0.05, 0) is 47.9 Å². The van der Waals surface area contributed by atoms with E-state index in [0.29, 0.717) is 47.5 Å². The van der Waals surface area contributed by atoms with Crippen molar-refractivity contribution in [2.24, 2.45) is 0 Å². The van der Waals surface area contributed by atoms with Gasteiger partial charge in [-0.25, -0.2) is 0 Å². The van der Waals surface area contributed by atoms with Gasteiger partial charge in [0.25, 0.3) is 5.91 Å². The molecule has 1 amide bonds. The number of hydrogen-bond acceptors (Lipinski definition) is 2. The van der Waals surface area contributed by atoms with Crippen LogP contribution in [0.2, 0.25) is 10.0 Å². The van der Waals surface area contributed by atoms with E-state index in [0.717, 1.165) is 4.57 Å². The summed E-state index contributed by atoms with van der Waals surface area (Å²) in [6, 6.07) is 13.1. The number of nitrogens with zero attached hydrogens (tertiary/aromatic N) is 2. The molecule has 0 saturated carbocycles. The molecule has 1 aliphatic rings. The Morgan fingerprint density at radius 3 is 2.30 bits per heavy atom. The van der Waals surface area contributed by atoms with Gasteiger partial charge >= 0.3 is 6.18 Å². The highest BCUT2D eigenvalue weighted by Crippen LogP contribution is 2.42. The highest BCUT2D eigenvalue weighted by atomic mass is 35.5. The van der Waals surface area contributed by atoms with Crippen LogP contribution in [0.15, 0.2) is 48.5 Å². The molecule has 0 radical (unpaired) electrons. The van der Waals surface area contributed by atoms with Crippen molar-refractivity contribution in [2.45, 2.75) is 19.6 Å². The molecular weight excluding hydrogens is 476 g/mol. The third-order valence-corrected chi connectivity index (χ3v) is 6.13. The number of morpholine rings is 1. The van der Waals surface area contributed by atoms with Crippen LogP contribution in [0.5, 0.6) is 0 Å². The van der Waals surface area contributed by atoms with E-state index in [4.69, 9.17) is 27.9 Å². The third-order valence-electron chi connectivity index (χ3n) is 5.64. The summed E-state index contributed by atoms with van der Waals surface area (Å²) in [4.78, 5) is 15.2. The topological polar surface area (TPSA) is 34.5 Å². The molecule has 0 N–H and O–H groups in total. The number of benzene rings is 2. The van der Waals surface area contributed by atoms with Crippen molar-refractivity contribution in [2.75, 3.05) is 26.3 Å². The van der Waals surface area contributed by atoms with Crippen LogP contribution in [0.25, 0.3) is 11.1 Å². The molecule has 0 aliphatic carbocycles. The zero-order chi connectivity index (χ0) is 23.8. The minimum Gasteiger partial charge on any atom is -0.378 e. The van der Waals surface area contributed by atoms with Crippen LogP contribution in [-0.4, -0.2) is 41.7 Å². The number of carbonyl (C=O) groups excluding carboxylic acids is 1. The Labute approximate surface area is 199 Å². The van der Waals surface area contributed by atoms with Crippen LogP contribution in [0, 0.1) is 6.92 Å². The van der Waals surface area contributed by atoms with Crippen molar-refractivity contribution >= 4 is 29.1 Å². The van der Waals surface area contributed by atoms with Gasteiger partial charge in [-0.2, -0.15) is 13.2 Å². The fourth-order valence-electron chi connectivity index (χ4n) is 4.20. The molecule has 9 heteroatoms. The fourth-order valence-corrected chi connectivity index (χ4v) is 4.53. The van der Waals surface area contributed by atoms with Crippen LogP contribution < -0.4 is 0 Å². The maximum absolute atomic E-state index is 14.4. The minimum atomic E-state index is -4.67. The molecule has 1 saturated heterocycles. The zero-order valence-corrected chi connectivity index (χ0v) is 19.3. The Bertz CT molecular complexity index is 1170. The lowest BCUT2D eigenvalue weighted by molar-refractivity contribution is -0.143. The summed E-state index contributed by atoms with van der Waals surface area (Å²) in [6.07, 6.45) is -4.67. The van der Waals surface area contributed by atoms with Crippen molar-refractivity contribution in [3.63, 3.8) is 0 Å². The van der Waals surface area contributed by atoms with E-state index in [1.165, 1.54) is 11.8 Å². The number of ether oxygens (including phenoxy) is 1. The molecule has 1 aliphatic heterocycles. The lowest BCUT2D eigenvalue weighted by atomic mass is 10.00. The first-order chi connectivity index (χ1) is 15.7. The molecule has 0 bridgehead atoms. The van der Waals surface area contributed by atoms with E-state index in [-0.39, 0.29) is 23.4 Å². The Morgan fingerprint density at radius 1 is 1.03 bits per heavy atom. The van der Waals surface area contributed by atoms with Gasteiger partial charge in [-0.15, -0.1) is 0 Å². The molecule has 4 nitrogen and oxygen atoms in total. The second-order valence-corrected chi connectivity index (χ2v) is 8.70. The van der Waals surface area contributed by atoms with Crippen molar-refractivity contribution < 1.29 is 22.7 Å². The van der Waals surface area contributed by atoms with Crippen LogP contribution in [-0.2, 0) is 17.5 Å². The highest BCUT2D eigenvalue weighted by molar-refractivity contribution is 6.30. The predicted octanol–water partition coefficient (Wildman–Crippen LogP) is 6.31. The van der Waals surface area contributed by atoms with Gasteiger partial charge in [0.1, 0.15) is 11.4 Å². The minimum absolute atomic E-state index is 0.0102. The van der Waals surface area contributed by atoms with Crippen LogP contribution in [0.4, 0.5) is 13.2 Å². The first-order valence-corrected chi connectivity index (χ1v) is 11.1. The fraction of sp³-hybridized carbons (Fsp3) is 0.292. The number of halogens is 5. The summed E-state index contributed by atoms with van der Waals surface area (Å²) >= 11 is 12.1. The van der Waals surface area contributed by atoms with E-state index < -0.39 is 17.8 Å². The average Bonchev–Trinajstić information content (AvgIpc) is 3.06. The highest BCUT2D eigenvalue weighted by Gasteiger charge is 2.41. The Kier molecular flexibility index (Phi) is 6.75. The Balaban J connectivity index is 1.97. The monoisotopic (exact) mass is 496 g/mol. The number of aromatic nitrogens is 1. The molecule has 3 aromatic rings. The second kappa shape index (κ2) is 9.41. The first-order valence-electron chi connectivity index (χ1n) is 10.3. The summed E-state index contributed by atoms with van der Waals surface area (Å²) in [5.74, 6) is -0.469. The molecule has 2 heterocycles. The van der Waals surface area contributed by atoms with Gasteiger partial charge in [0.15, 0.2) is 0 Å². The largest absolute Gasteiger partial charge is 0.431 e. The summed E-state index contributed by atoms with van der Waals surface area (Å²) in [7, 11) is 0. The summed E-state index contributed by atoms with van der Waals surface area (Å²) in [5.41, 5.74) is 0.416. The first kappa shape index (κ1) is 23.7. The Morgan fingerprint density at radius 2 is 1.70 bits per heavy atom. The molecule has 33 heavy (non-hydrogen) atoms. The van der Waals surface area contributed by atoms with Crippen molar-refractivity contribution in [3.05, 3.63) is 81.1 Å². The predicted molar refractivity (Wildman–Crippen MR) is 122 cm³/mol. The number of alkyl halides is 3. The zero-order valence-electron chi connectivity index (χ0n) is 17.8. The molecule has 0 unspecified atom stereocenters. The van der Waals surface area contributed by atoms with Gasteiger partial charge < -0.3 is 14.2 Å². The van der Waals surface area contributed by atoms with Gasteiger partial charge in [0.2, 0.25) is 0 Å². The smallest absolute Gasteiger partial charge is 0.378 e. The maximum atomic E-state index is 14.4. The lowest BCUT2D eigenvalue weighted by Crippen LogP contribution is -2.41. The average molecular weight is 497 g/mol. The standard InChI is InChI=1S/C24H21Cl2F3N2O2/c1-15-20(17-5-7-18(25)8-6-17)21(23(32)30-9-11-33-12-10-30)31(22(15)24(27,28)29)14-16-3-2-4-19(26)13-16/h2-8,13H,9-12,14H2,1H3. The molecule has 1 fully saturated rings. The molecular formula is C24H21Cl2F3N2O2. The van der Waals surface area contributed by atoms with E-state index in [1.807, 2.05) is 0 Å².